The predicted molar refractivity (Wildman–Crippen MR) is 74.9 cm³/mol. The van der Waals surface area contributed by atoms with Crippen LogP contribution in [-0.4, -0.2) is 22.6 Å². The number of carbonyl (C=O) groups excluding carboxylic acids is 1. The van der Waals surface area contributed by atoms with Crippen molar-refractivity contribution < 1.29 is 14.1 Å². The molecular weight excluding hydrogens is 270 g/mol. The number of rotatable bonds is 6. The Kier molecular flexibility index (Phi) is 3.85. The Morgan fingerprint density at radius 1 is 1.43 bits per heavy atom. The molecule has 1 N–H and O–H groups in total. The van der Waals surface area contributed by atoms with E-state index < -0.39 is 0 Å². The average Bonchev–Trinajstić information content (AvgIpc) is 3.24. The molecule has 1 saturated carbocycles. The summed E-state index contributed by atoms with van der Waals surface area (Å²) in [5.41, 5.74) is 0.526. The second kappa shape index (κ2) is 5.95. The lowest BCUT2D eigenvalue weighted by atomic mass is 10.2. The number of amides is 1. The Morgan fingerprint density at radius 3 is 2.95 bits per heavy atom. The van der Waals surface area contributed by atoms with Gasteiger partial charge in [0.2, 0.25) is 11.7 Å². The van der Waals surface area contributed by atoms with Crippen molar-refractivity contribution in [1.82, 2.24) is 15.5 Å². The van der Waals surface area contributed by atoms with Gasteiger partial charge in [-0.25, -0.2) is 0 Å². The van der Waals surface area contributed by atoms with Crippen LogP contribution in [0.1, 0.15) is 34.9 Å². The zero-order chi connectivity index (χ0) is 14.7. The number of ether oxygens (including phenoxy) is 1. The number of nitrogens with zero attached hydrogens (tertiary/aromatic N) is 2. The summed E-state index contributed by atoms with van der Waals surface area (Å²) >= 11 is 0. The molecule has 0 spiro atoms. The molecule has 0 bridgehead atoms. The van der Waals surface area contributed by atoms with Crippen LogP contribution in [0.25, 0.3) is 0 Å². The molecule has 1 aliphatic carbocycles. The summed E-state index contributed by atoms with van der Waals surface area (Å²) in [6.07, 6.45) is 2.41. The molecule has 1 heterocycles. The topological polar surface area (TPSA) is 77.2 Å². The fraction of sp³-hybridized carbons (Fsp3) is 0.400. The van der Waals surface area contributed by atoms with Crippen molar-refractivity contribution in [3.63, 3.8) is 0 Å². The van der Waals surface area contributed by atoms with Gasteiger partial charge in [-0.3, -0.25) is 4.79 Å². The summed E-state index contributed by atoms with van der Waals surface area (Å²) in [6.45, 7) is 2.62. The van der Waals surface area contributed by atoms with Crippen LogP contribution in [-0.2, 0) is 6.61 Å². The number of hydrogen-bond donors (Lipinski definition) is 1. The quantitative estimate of drug-likeness (QED) is 0.880. The van der Waals surface area contributed by atoms with Gasteiger partial charge in [-0.05, 0) is 30.9 Å². The van der Waals surface area contributed by atoms with E-state index in [9.17, 15) is 4.79 Å². The first-order valence-corrected chi connectivity index (χ1v) is 7.01. The molecule has 0 unspecified atom stereocenters. The zero-order valence-electron chi connectivity index (χ0n) is 11.8. The molecular formula is C15H17N3O3. The first-order chi connectivity index (χ1) is 10.2. The summed E-state index contributed by atoms with van der Waals surface area (Å²) in [7, 11) is 0. The summed E-state index contributed by atoms with van der Waals surface area (Å²) < 4.78 is 10.5. The van der Waals surface area contributed by atoms with Crippen LogP contribution in [0.5, 0.6) is 5.75 Å². The zero-order valence-corrected chi connectivity index (χ0v) is 11.8. The van der Waals surface area contributed by atoms with Gasteiger partial charge < -0.3 is 14.6 Å². The van der Waals surface area contributed by atoms with Gasteiger partial charge in [-0.1, -0.05) is 17.3 Å². The molecule has 1 aromatic heterocycles. The predicted octanol–water partition coefficient (Wildman–Crippen LogP) is 2.10. The van der Waals surface area contributed by atoms with E-state index >= 15 is 0 Å². The molecule has 1 amide bonds. The van der Waals surface area contributed by atoms with Crippen LogP contribution in [0.4, 0.5) is 0 Å². The Morgan fingerprint density at radius 2 is 2.24 bits per heavy atom. The van der Waals surface area contributed by atoms with E-state index in [0.717, 1.165) is 6.54 Å². The SMILES string of the molecule is Cc1nc(COc2ccccc2C(=O)NCC2CC2)no1. The maximum absolute atomic E-state index is 12.2. The normalized spacial score (nSPS) is 14.0. The van der Waals surface area contributed by atoms with Crippen molar-refractivity contribution in [2.45, 2.75) is 26.4 Å². The first-order valence-electron chi connectivity index (χ1n) is 7.01. The summed E-state index contributed by atoms with van der Waals surface area (Å²) in [4.78, 5) is 16.2. The van der Waals surface area contributed by atoms with Crippen molar-refractivity contribution in [2.24, 2.45) is 5.92 Å². The number of hydrogen-bond acceptors (Lipinski definition) is 5. The molecule has 6 heteroatoms. The van der Waals surface area contributed by atoms with Crippen molar-refractivity contribution in [3.05, 3.63) is 41.5 Å². The second-order valence-electron chi connectivity index (χ2n) is 5.17. The van der Waals surface area contributed by atoms with Crippen molar-refractivity contribution in [2.75, 3.05) is 6.54 Å². The Labute approximate surface area is 122 Å². The molecule has 1 aromatic carbocycles. The number of aromatic nitrogens is 2. The number of aryl methyl sites for hydroxylation is 1. The van der Waals surface area contributed by atoms with Gasteiger partial charge in [0, 0.05) is 13.5 Å². The molecule has 2 aromatic rings. The molecule has 3 rings (SSSR count). The molecule has 0 radical (unpaired) electrons. The number of benzene rings is 1. The fourth-order valence-electron chi connectivity index (χ4n) is 1.98. The van der Waals surface area contributed by atoms with Crippen LogP contribution in [0, 0.1) is 12.8 Å². The molecule has 0 atom stereocenters. The molecule has 110 valence electrons. The van der Waals surface area contributed by atoms with E-state index in [0.29, 0.717) is 28.9 Å². The third-order valence-electron chi connectivity index (χ3n) is 3.31. The van der Waals surface area contributed by atoms with Crippen molar-refractivity contribution in [1.29, 1.82) is 0 Å². The largest absolute Gasteiger partial charge is 0.485 e. The van der Waals surface area contributed by atoms with E-state index in [1.807, 2.05) is 12.1 Å². The molecule has 0 saturated heterocycles. The van der Waals surface area contributed by atoms with E-state index in [1.54, 1.807) is 19.1 Å². The van der Waals surface area contributed by atoms with Gasteiger partial charge in [0.1, 0.15) is 5.75 Å². The maximum atomic E-state index is 12.2. The highest BCUT2D eigenvalue weighted by molar-refractivity contribution is 5.96. The minimum atomic E-state index is -0.109. The van der Waals surface area contributed by atoms with Crippen LogP contribution < -0.4 is 10.1 Å². The second-order valence-corrected chi connectivity index (χ2v) is 5.17. The monoisotopic (exact) mass is 287 g/mol. The molecule has 1 aliphatic rings. The first kappa shape index (κ1) is 13.6. The van der Waals surface area contributed by atoms with Crippen molar-refractivity contribution >= 4 is 5.91 Å². The van der Waals surface area contributed by atoms with Crippen LogP contribution in [0.2, 0.25) is 0 Å². The van der Waals surface area contributed by atoms with Crippen molar-refractivity contribution in [3.8, 4) is 5.75 Å². The standard InChI is InChI=1S/C15H17N3O3/c1-10-17-14(18-21-10)9-20-13-5-3-2-4-12(13)15(19)16-8-11-6-7-11/h2-5,11H,6-9H2,1H3,(H,16,19). The highest BCUT2D eigenvalue weighted by Gasteiger charge is 2.22. The molecule has 21 heavy (non-hydrogen) atoms. The van der Waals surface area contributed by atoms with Gasteiger partial charge in [0.15, 0.2) is 6.61 Å². The lowest BCUT2D eigenvalue weighted by molar-refractivity contribution is 0.0947. The third kappa shape index (κ3) is 3.59. The molecule has 1 fully saturated rings. The van der Waals surface area contributed by atoms with Gasteiger partial charge in [-0.2, -0.15) is 4.98 Å². The van der Waals surface area contributed by atoms with Crippen LogP contribution in [0.3, 0.4) is 0 Å². The minimum absolute atomic E-state index is 0.109. The van der Waals surface area contributed by atoms with Crippen LogP contribution in [0.15, 0.2) is 28.8 Å². The number of carbonyl (C=O) groups is 1. The highest BCUT2D eigenvalue weighted by Crippen LogP contribution is 2.28. The third-order valence-corrected chi connectivity index (χ3v) is 3.31. The minimum Gasteiger partial charge on any atom is -0.485 e. The van der Waals surface area contributed by atoms with E-state index in [-0.39, 0.29) is 12.5 Å². The number of nitrogens with one attached hydrogen (secondary N) is 1. The fourth-order valence-corrected chi connectivity index (χ4v) is 1.98. The highest BCUT2D eigenvalue weighted by atomic mass is 16.5. The van der Waals surface area contributed by atoms with E-state index in [1.165, 1.54) is 12.8 Å². The summed E-state index contributed by atoms with van der Waals surface area (Å²) in [5.74, 6) is 2.00. The van der Waals surface area contributed by atoms with Gasteiger partial charge in [0.25, 0.3) is 5.91 Å². The van der Waals surface area contributed by atoms with Crippen LogP contribution >= 0.6 is 0 Å². The number of para-hydroxylation sites is 1. The Balaban J connectivity index is 1.64. The van der Waals surface area contributed by atoms with Gasteiger partial charge in [0.05, 0.1) is 5.56 Å². The average molecular weight is 287 g/mol. The smallest absolute Gasteiger partial charge is 0.255 e. The summed E-state index contributed by atoms with van der Waals surface area (Å²) in [6, 6.07) is 7.16. The Bertz CT molecular complexity index is 635. The lowest BCUT2D eigenvalue weighted by Crippen LogP contribution is -2.26. The van der Waals surface area contributed by atoms with E-state index in [4.69, 9.17) is 9.26 Å². The van der Waals surface area contributed by atoms with E-state index in [2.05, 4.69) is 15.5 Å². The lowest BCUT2D eigenvalue weighted by Gasteiger charge is -2.10. The Hall–Kier alpha value is -2.37. The van der Waals surface area contributed by atoms with Gasteiger partial charge >= 0.3 is 0 Å². The maximum Gasteiger partial charge on any atom is 0.255 e. The molecule has 6 nitrogen and oxygen atoms in total. The van der Waals surface area contributed by atoms with Gasteiger partial charge in [-0.15, -0.1) is 0 Å². The molecule has 0 aliphatic heterocycles. The summed E-state index contributed by atoms with van der Waals surface area (Å²) in [5, 5.41) is 6.70.